The minimum atomic E-state index is 0.323. The van der Waals surface area contributed by atoms with Gasteiger partial charge < -0.3 is 9.88 Å². The van der Waals surface area contributed by atoms with E-state index in [0.29, 0.717) is 11.6 Å². The third-order valence-corrected chi connectivity index (χ3v) is 4.46. The molecule has 3 rings (SSSR count). The number of nitrogens with one attached hydrogen (secondary N) is 1. The van der Waals surface area contributed by atoms with Crippen molar-refractivity contribution < 1.29 is 0 Å². The lowest BCUT2D eigenvalue weighted by molar-refractivity contribution is 0.388. The number of hydrogen-bond acceptors (Lipinski definition) is 2. The molecule has 1 atom stereocenters. The Balaban J connectivity index is 1.58. The third-order valence-electron chi connectivity index (χ3n) is 4.46. The predicted octanol–water partition coefficient (Wildman–Crippen LogP) is 3.25. The minimum Gasteiger partial charge on any atom is -0.334 e. The molecule has 0 amide bonds. The summed E-state index contributed by atoms with van der Waals surface area (Å²) in [5.74, 6) is 1.09. The molecule has 1 aliphatic carbocycles. The summed E-state index contributed by atoms with van der Waals surface area (Å²) in [5.41, 5.74) is 3.10. The molecule has 0 unspecified atom stereocenters. The lowest BCUT2D eigenvalue weighted by Crippen LogP contribution is -2.42. The summed E-state index contributed by atoms with van der Waals surface area (Å²) in [6.45, 7) is 7.46. The topological polar surface area (TPSA) is 29.9 Å². The highest BCUT2D eigenvalue weighted by molar-refractivity contribution is 5.25. The first-order chi connectivity index (χ1) is 10.1. The first kappa shape index (κ1) is 14.3. The lowest BCUT2D eigenvalue weighted by atomic mass is 10.0. The van der Waals surface area contributed by atoms with Crippen LogP contribution >= 0.6 is 0 Å². The van der Waals surface area contributed by atoms with Gasteiger partial charge >= 0.3 is 0 Å². The molecule has 1 heterocycles. The van der Waals surface area contributed by atoms with Crippen LogP contribution in [0, 0.1) is 13.8 Å². The number of nitrogens with zero attached hydrogens (tertiary/aromatic N) is 2. The van der Waals surface area contributed by atoms with Gasteiger partial charge in [-0.1, -0.05) is 29.8 Å². The molecular formula is C18H25N3. The Hall–Kier alpha value is -1.61. The Bertz CT molecular complexity index is 593. The van der Waals surface area contributed by atoms with E-state index >= 15 is 0 Å². The van der Waals surface area contributed by atoms with Gasteiger partial charge in [0.05, 0.1) is 0 Å². The lowest BCUT2D eigenvalue weighted by Gasteiger charge is -2.24. The van der Waals surface area contributed by atoms with Crippen LogP contribution in [0.2, 0.25) is 0 Å². The van der Waals surface area contributed by atoms with Gasteiger partial charge in [-0.15, -0.1) is 0 Å². The van der Waals surface area contributed by atoms with Gasteiger partial charge in [0.1, 0.15) is 5.82 Å². The molecule has 0 radical (unpaired) electrons. The average molecular weight is 283 g/mol. The summed E-state index contributed by atoms with van der Waals surface area (Å²) in [7, 11) is 0. The van der Waals surface area contributed by atoms with Gasteiger partial charge in [-0.25, -0.2) is 4.98 Å². The SMILES string of the molecule is Cc1ccc(CC2(N[C@@H](C)Cn3ccnc3C)CC2)cc1. The highest BCUT2D eigenvalue weighted by Gasteiger charge is 2.43. The Kier molecular flexibility index (Phi) is 3.85. The maximum atomic E-state index is 4.29. The fourth-order valence-corrected chi connectivity index (χ4v) is 3.08. The molecule has 1 saturated carbocycles. The summed E-state index contributed by atoms with van der Waals surface area (Å²) >= 11 is 0. The molecule has 1 N–H and O–H groups in total. The van der Waals surface area contributed by atoms with Crippen LogP contribution in [0.25, 0.3) is 0 Å². The van der Waals surface area contributed by atoms with Gasteiger partial charge in [-0.3, -0.25) is 0 Å². The molecule has 0 saturated heterocycles. The second-order valence-electron chi connectivity index (χ2n) is 6.61. The van der Waals surface area contributed by atoms with E-state index < -0.39 is 0 Å². The molecule has 1 fully saturated rings. The molecule has 1 aliphatic rings. The zero-order chi connectivity index (χ0) is 14.9. The highest BCUT2D eigenvalue weighted by atomic mass is 15.1. The van der Waals surface area contributed by atoms with E-state index in [1.54, 1.807) is 0 Å². The molecule has 1 aromatic carbocycles. The third kappa shape index (κ3) is 3.53. The molecule has 2 aromatic rings. The molecule has 1 aromatic heterocycles. The number of imidazole rings is 1. The van der Waals surface area contributed by atoms with Crippen molar-refractivity contribution in [1.29, 1.82) is 0 Å². The summed E-state index contributed by atoms with van der Waals surface area (Å²) in [6.07, 6.45) is 7.65. The monoisotopic (exact) mass is 283 g/mol. The van der Waals surface area contributed by atoms with Crippen molar-refractivity contribution in [3.63, 3.8) is 0 Å². The maximum Gasteiger partial charge on any atom is 0.105 e. The van der Waals surface area contributed by atoms with E-state index in [4.69, 9.17) is 0 Å². The maximum absolute atomic E-state index is 4.29. The molecular weight excluding hydrogens is 258 g/mol. The predicted molar refractivity (Wildman–Crippen MR) is 86.4 cm³/mol. The van der Waals surface area contributed by atoms with Crippen LogP contribution in [-0.4, -0.2) is 21.1 Å². The van der Waals surface area contributed by atoms with Crippen LogP contribution in [0.5, 0.6) is 0 Å². The van der Waals surface area contributed by atoms with Crippen LogP contribution in [0.1, 0.15) is 36.7 Å². The van der Waals surface area contributed by atoms with Crippen LogP contribution in [0.3, 0.4) is 0 Å². The number of hydrogen-bond donors (Lipinski definition) is 1. The normalized spacial score (nSPS) is 17.7. The zero-order valence-electron chi connectivity index (χ0n) is 13.3. The van der Waals surface area contributed by atoms with Gasteiger partial charge in [0.15, 0.2) is 0 Å². The van der Waals surface area contributed by atoms with Crippen molar-refractivity contribution in [1.82, 2.24) is 14.9 Å². The van der Waals surface area contributed by atoms with E-state index in [-0.39, 0.29) is 0 Å². The highest BCUT2D eigenvalue weighted by Crippen LogP contribution is 2.39. The molecule has 21 heavy (non-hydrogen) atoms. The van der Waals surface area contributed by atoms with Crippen LogP contribution in [-0.2, 0) is 13.0 Å². The number of rotatable bonds is 6. The Labute approximate surface area is 127 Å². The number of benzene rings is 1. The first-order valence-electron chi connectivity index (χ1n) is 7.87. The van der Waals surface area contributed by atoms with E-state index in [0.717, 1.165) is 18.8 Å². The van der Waals surface area contributed by atoms with Crippen LogP contribution in [0.15, 0.2) is 36.7 Å². The Morgan fingerprint density at radius 1 is 1.24 bits per heavy atom. The summed E-state index contributed by atoms with van der Waals surface area (Å²) in [6, 6.07) is 9.42. The smallest absolute Gasteiger partial charge is 0.105 e. The van der Waals surface area contributed by atoms with Gasteiger partial charge in [0.25, 0.3) is 0 Å². The van der Waals surface area contributed by atoms with E-state index in [1.165, 1.54) is 24.0 Å². The van der Waals surface area contributed by atoms with Gasteiger partial charge in [-0.2, -0.15) is 0 Å². The molecule has 112 valence electrons. The average Bonchev–Trinajstić information content (AvgIpc) is 3.07. The molecule has 0 bridgehead atoms. The van der Waals surface area contributed by atoms with Crippen molar-refractivity contribution in [2.45, 2.75) is 58.2 Å². The van der Waals surface area contributed by atoms with Gasteiger partial charge in [0.2, 0.25) is 0 Å². The molecule has 3 heteroatoms. The van der Waals surface area contributed by atoms with Gasteiger partial charge in [-0.05, 0) is 45.6 Å². The molecule has 0 spiro atoms. The van der Waals surface area contributed by atoms with Crippen molar-refractivity contribution in [3.8, 4) is 0 Å². The van der Waals surface area contributed by atoms with E-state index in [9.17, 15) is 0 Å². The largest absolute Gasteiger partial charge is 0.334 e. The van der Waals surface area contributed by atoms with E-state index in [1.807, 2.05) is 6.20 Å². The zero-order valence-corrected chi connectivity index (χ0v) is 13.3. The van der Waals surface area contributed by atoms with Gasteiger partial charge in [0, 0.05) is 30.5 Å². The van der Waals surface area contributed by atoms with E-state index in [2.05, 4.69) is 66.1 Å². The van der Waals surface area contributed by atoms with Crippen LogP contribution < -0.4 is 5.32 Å². The van der Waals surface area contributed by atoms with Crippen molar-refractivity contribution in [3.05, 3.63) is 53.6 Å². The summed E-state index contributed by atoms with van der Waals surface area (Å²) in [5, 5.41) is 3.85. The minimum absolute atomic E-state index is 0.323. The fourth-order valence-electron chi connectivity index (χ4n) is 3.08. The summed E-state index contributed by atoms with van der Waals surface area (Å²) < 4.78 is 2.22. The Morgan fingerprint density at radius 3 is 2.52 bits per heavy atom. The van der Waals surface area contributed by atoms with Crippen molar-refractivity contribution >= 4 is 0 Å². The standard InChI is InChI=1S/C18H25N3/c1-14-4-6-17(7-5-14)12-18(8-9-18)20-15(2)13-21-11-10-19-16(21)3/h4-7,10-11,15,20H,8-9,12-13H2,1-3H3/t15-/m0/s1. The van der Waals surface area contributed by atoms with Crippen molar-refractivity contribution in [2.24, 2.45) is 0 Å². The number of aromatic nitrogens is 2. The molecule has 3 nitrogen and oxygen atoms in total. The second kappa shape index (κ2) is 5.64. The summed E-state index contributed by atoms with van der Waals surface area (Å²) in [4.78, 5) is 4.29. The second-order valence-corrected chi connectivity index (χ2v) is 6.61. The first-order valence-corrected chi connectivity index (χ1v) is 7.87. The van der Waals surface area contributed by atoms with Crippen molar-refractivity contribution in [2.75, 3.05) is 0 Å². The van der Waals surface area contributed by atoms with Crippen LogP contribution in [0.4, 0.5) is 0 Å². The Morgan fingerprint density at radius 2 is 1.95 bits per heavy atom. The number of aryl methyl sites for hydroxylation is 2. The fraction of sp³-hybridized carbons (Fsp3) is 0.500. The quantitative estimate of drug-likeness (QED) is 0.882. The molecule has 0 aliphatic heterocycles.